The Morgan fingerprint density at radius 1 is 1.08 bits per heavy atom. The van der Waals surface area contributed by atoms with Gasteiger partial charge in [0, 0.05) is 12.1 Å². The average molecular weight is 352 g/mol. The van der Waals surface area contributed by atoms with Crippen molar-refractivity contribution in [2.45, 2.75) is 6.61 Å². The standard InChI is InChI=1S/C21H24N2O3/c1-23(2)15-16-25-20-12-10-18(11-13-20)9-6-14-22-21(24)26-17-19-7-4-3-5-8-19/h3-5,7-8,10-13H,14-17H2,1-2H3,(H,22,24). The Hall–Kier alpha value is -2.97. The fraction of sp³-hybridized carbons (Fsp3) is 0.286. The van der Waals surface area contributed by atoms with Gasteiger partial charge in [0.15, 0.2) is 0 Å². The number of carbonyl (C=O) groups excluding carboxylic acids is 1. The first-order valence-electron chi connectivity index (χ1n) is 8.44. The maximum Gasteiger partial charge on any atom is 0.408 e. The minimum absolute atomic E-state index is 0.231. The average Bonchev–Trinajstić information content (AvgIpc) is 2.65. The highest BCUT2D eigenvalue weighted by molar-refractivity contribution is 5.67. The Kier molecular flexibility index (Phi) is 8.04. The number of amides is 1. The Balaban J connectivity index is 1.68. The lowest BCUT2D eigenvalue weighted by Gasteiger charge is -2.10. The van der Waals surface area contributed by atoms with Crippen molar-refractivity contribution < 1.29 is 14.3 Å². The van der Waals surface area contributed by atoms with Gasteiger partial charge in [-0.2, -0.15) is 0 Å². The quantitative estimate of drug-likeness (QED) is 0.779. The second-order valence-corrected chi connectivity index (χ2v) is 5.89. The molecular formula is C21H24N2O3. The normalized spacial score (nSPS) is 9.96. The van der Waals surface area contributed by atoms with Crippen molar-refractivity contribution in [3.05, 3.63) is 65.7 Å². The molecule has 0 spiro atoms. The van der Waals surface area contributed by atoms with Gasteiger partial charge < -0.3 is 19.7 Å². The summed E-state index contributed by atoms with van der Waals surface area (Å²) in [6.45, 7) is 1.99. The zero-order valence-electron chi connectivity index (χ0n) is 15.2. The van der Waals surface area contributed by atoms with Crippen LogP contribution in [0.4, 0.5) is 4.79 Å². The van der Waals surface area contributed by atoms with E-state index >= 15 is 0 Å². The molecule has 136 valence electrons. The van der Waals surface area contributed by atoms with Crippen LogP contribution in [0, 0.1) is 11.8 Å². The molecule has 0 atom stereocenters. The highest BCUT2D eigenvalue weighted by Crippen LogP contribution is 2.11. The van der Waals surface area contributed by atoms with E-state index in [-0.39, 0.29) is 13.2 Å². The molecule has 0 aliphatic carbocycles. The van der Waals surface area contributed by atoms with Crippen molar-refractivity contribution in [3.8, 4) is 17.6 Å². The van der Waals surface area contributed by atoms with E-state index in [1.54, 1.807) is 0 Å². The number of carbonyl (C=O) groups is 1. The first-order valence-corrected chi connectivity index (χ1v) is 8.44. The number of rotatable bonds is 7. The van der Waals surface area contributed by atoms with E-state index in [0.29, 0.717) is 6.61 Å². The van der Waals surface area contributed by atoms with Crippen LogP contribution in [-0.4, -0.2) is 44.8 Å². The van der Waals surface area contributed by atoms with E-state index in [0.717, 1.165) is 23.4 Å². The monoisotopic (exact) mass is 352 g/mol. The molecule has 2 aromatic rings. The molecule has 0 aliphatic rings. The highest BCUT2D eigenvalue weighted by atomic mass is 16.5. The van der Waals surface area contributed by atoms with E-state index in [1.165, 1.54) is 0 Å². The Labute approximate surface area is 154 Å². The Morgan fingerprint density at radius 3 is 2.50 bits per heavy atom. The van der Waals surface area contributed by atoms with Crippen LogP contribution >= 0.6 is 0 Å². The molecule has 1 amide bonds. The van der Waals surface area contributed by atoms with Crippen LogP contribution in [0.3, 0.4) is 0 Å². The predicted octanol–water partition coefficient (Wildman–Crippen LogP) is 2.90. The molecule has 1 N–H and O–H groups in total. The zero-order valence-corrected chi connectivity index (χ0v) is 15.2. The summed E-state index contributed by atoms with van der Waals surface area (Å²) in [5.41, 5.74) is 1.81. The molecule has 0 aliphatic heterocycles. The molecule has 0 radical (unpaired) electrons. The molecule has 0 fully saturated rings. The molecule has 0 aromatic heterocycles. The molecule has 2 aromatic carbocycles. The van der Waals surface area contributed by atoms with Gasteiger partial charge in [0.05, 0.1) is 6.54 Å². The van der Waals surface area contributed by atoms with Gasteiger partial charge in [-0.15, -0.1) is 0 Å². The van der Waals surface area contributed by atoms with Crippen LogP contribution in [0.1, 0.15) is 11.1 Å². The van der Waals surface area contributed by atoms with E-state index in [1.807, 2.05) is 68.7 Å². The molecule has 2 rings (SSSR count). The van der Waals surface area contributed by atoms with Gasteiger partial charge in [0.2, 0.25) is 0 Å². The van der Waals surface area contributed by atoms with Crippen molar-refractivity contribution >= 4 is 6.09 Å². The first kappa shape index (κ1) is 19.4. The summed E-state index contributed by atoms with van der Waals surface area (Å²) in [6.07, 6.45) is -0.479. The van der Waals surface area contributed by atoms with E-state index in [4.69, 9.17) is 9.47 Å². The van der Waals surface area contributed by atoms with Crippen molar-refractivity contribution in [3.63, 3.8) is 0 Å². The fourth-order valence-corrected chi connectivity index (χ4v) is 2.02. The number of hydrogen-bond donors (Lipinski definition) is 1. The van der Waals surface area contributed by atoms with Crippen molar-refractivity contribution in [2.75, 3.05) is 33.8 Å². The van der Waals surface area contributed by atoms with E-state index in [9.17, 15) is 4.79 Å². The molecule has 0 unspecified atom stereocenters. The van der Waals surface area contributed by atoms with Gasteiger partial charge >= 0.3 is 6.09 Å². The van der Waals surface area contributed by atoms with Crippen molar-refractivity contribution in [2.24, 2.45) is 0 Å². The molecule has 0 heterocycles. The number of nitrogens with one attached hydrogen (secondary N) is 1. The summed E-state index contributed by atoms with van der Waals surface area (Å²) < 4.78 is 10.7. The van der Waals surface area contributed by atoms with Crippen LogP contribution < -0.4 is 10.1 Å². The molecular weight excluding hydrogens is 328 g/mol. The van der Waals surface area contributed by atoms with Crippen molar-refractivity contribution in [1.29, 1.82) is 0 Å². The van der Waals surface area contributed by atoms with Gasteiger partial charge in [-0.3, -0.25) is 0 Å². The number of benzene rings is 2. The number of likely N-dealkylation sites (N-methyl/N-ethyl adjacent to an activating group) is 1. The highest BCUT2D eigenvalue weighted by Gasteiger charge is 2.00. The molecule has 0 bridgehead atoms. The molecule has 5 nitrogen and oxygen atoms in total. The number of nitrogens with zero attached hydrogens (tertiary/aromatic N) is 1. The Morgan fingerprint density at radius 2 is 1.81 bits per heavy atom. The number of ether oxygens (including phenoxy) is 2. The number of hydrogen-bond acceptors (Lipinski definition) is 4. The van der Waals surface area contributed by atoms with E-state index in [2.05, 4.69) is 22.1 Å². The summed E-state index contributed by atoms with van der Waals surface area (Å²) in [5, 5.41) is 2.61. The summed E-state index contributed by atoms with van der Waals surface area (Å²) in [7, 11) is 4.01. The summed E-state index contributed by atoms with van der Waals surface area (Å²) >= 11 is 0. The first-order chi connectivity index (χ1) is 12.6. The number of alkyl carbamates (subject to hydrolysis) is 1. The van der Waals surface area contributed by atoms with Gasteiger partial charge in [-0.1, -0.05) is 42.2 Å². The van der Waals surface area contributed by atoms with E-state index < -0.39 is 6.09 Å². The molecule has 5 heteroatoms. The third kappa shape index (κ3) is 7.73. The van der Waals surface area contributed by atoms with Gasteiger partial charge in [-0.25, -0.2) is 4.79 Å². The minimum atomic E-state index is -0.479. The topological polar surface area (TPSA) is 50.8 Å². The lowest BCUT2D eigenvalue weighted by molar-refractivity contribution is 0.141. The van der Waals surface area contributed by atoms with Crippen LogP contribution in [0.2, 0.25) is 0 Å². The predicted molar refractivity (Wildman–Crippen MR) is 102 cm³/mol. The SMILES string of the molecule is CN(C)CCOc1ccc(C#CCNC(=O)OCc2ccccc2)cc1. The molecule has 26 heavy (non-hydrogen) atoms. The van der Waals surface area contributed by atoms with Crippen LogP contribution in [0.25, 0.3) is 0 Å². The van der Waals surface area contributed by atoms with Crippen LogP contribution in [-0.2, 0) is 11.3 Å². The third-order valence-electron chi connectivity index (χ3n) is 3.43. The van der Waals surface area contributed by atoms with Crippen LogP contribution in [0.15, 0.2) is 54.6 Å². The fourth-order valence-electron chi connectivity index (χ4n) is 2.02. The summed E-state index contributed by atoms with van der Waals surface area (Å²) in [5.74, 6) is 6.71. The second-order valence-electron chi connectivity index (χ2n) is 5.89. The Bertz CT molecular complexity index is 731. The maximum atomic E-state index is 11.6. The summed E-state index contributed by atoms with van der Waals surface area (Å²) in [6, 6.07) is 17.1. The zero-order chi connectivity index (χ0) is 18.6. The third-order valence-corrected chi connectivity index (χ3v) is 3.43. The summed E-state index contributed by atoms with van der Waals surface area (Å²) in [4.78, 5) is 13.7. The second kappa shape index (κ2) is 10.8. The maximum absolute atomic E-state index is 11.6. The lowest BCUT2D eigenvalue weighted by atomic mass is 10.2. The largest absolute Gasteiger partial charge is 0.492 e. The van der Waals surface area contributed by atoms with Gasteiger partial charge in [-0.05, 0) is 43.9 Å². The molecule has 0 saturated carbocycles. The van der Waals surface area contributed by atoms with Crippen LogP contribution in [0.5, 0.6) is 5.75 Å². The molecule has 0 saturated heterocycles. The van der Waals surface area contributed by atoms with Gasteiger partial charge in [0.1, 0.15) is 19.0 Å². The lowest BCUT2D eigenvalue weighted by Crippen LogP contribution is -2.24. The smallest absolute Gasteiger partial charge is 0.408 e. The minimum Gasteiger partial charge on any atom is -0.492 e. The van der Waals surface area contributed by atoms with Gasteiger partial charge in [0.25, 0.3) is 0 Å². The van der Waals surface area contributed by atoms with Crippen molar-refractivity contribution in [1.82, 2.24) is 10.2 Å².